The summed E-state index contributed by atoms with van der Waals surface area (Å²) in [7, 11) is -0.826. The van der Waals surface area contributed by atoms with Gasteiger partial charge in [0.25, 0.3) is 5.91 Å². The number of sulfonamides is 1. The van der Waals surface area contributed by atoms with Crippen LogP contribution in [0, 0.1) is 0 Å². The number of nitrogens with one attached hydrogen (secondary N) is 3. The number of H-pyrrole nitrogens is 1. The summed E-state index contributed by atoms with van der Waals surface area (Å²) < 4.78 is 25.2. The zero-order chi connectivity index (χ0) is 17.7. The number of amides is 2. The normalized spacial score (nSPS) is 11.3. The Morgan fingerprint density at radius 3 is 2.62 bits per heavy atom. The minimum absolute atomic E-state index is 0.00191. The Morgan fingerprint density at radius 2 is 2.00 bits per heavy atom. The molecule has 0 radical (unpaired) electrons. The average Bonchev–Trinajstić information content (AvgIpc) is 3.05. The van der Waals surface area contributed by atoms with E-state index in [0.717, 1.165) is 4.31 Å². The quantitative estimate of drug-likeness (QED) is 0.677. The summed E-state index contributed by atoms with van der Waals surface area (Å²) in [6, 6.07) is 7.16. The monoisotopic (exact) mass is 351 g/mol. The first-order valence-corrected chi connectivity index (χ1v) is 8.35. The first kappa shape index (κ1) is 17.6. The van der Waals surface area contributed by atoms with Gasteiger partial charge in [0.05, 0.1) is 17.6 Å². The summed E-state index contributed by atoms with van der Waals surface area (Å²) in [5.41, 5.74) is 0.146. The third kappa shape index (κ3) is 4.18. The SMILES string of the molecule is CN(C)S(=O)(=O)c1cccc(C(=O)NCC(=O)Nc2ccn[nH]2)c1. The van der Waals surface area contributed by atoms with Crippen LogP contribution in [0.4, 0.5) is 5.82 Å². The van der Waals surface area contributed by atoms with Gasteiger partial charge in [0.2, 0.25) is 15.9 Å². The van der Waals surface area contributed by atoms with Crippen LogP contribution in [0.2, 0.25) is 0 Å². The molecule has 10 heteroatoms. The lowest BCUT2D eigenvalue weighted by molar-refractivity contribution is -0.115. The highest BCUT2D eigenvalue weighted by atomic mass is 32.2. The zero-order valence-corrected chi connectivity index (χ0v) is 13.9. The Morgan fingerprint density at radius 1 is 1.25 bits per heavy atom. The van der Waals surface area contributed by atoms with Gasteiger partial charge in [-0.25, -0.2) is 12.7 Å². The summed E-state index contributed by atoms with van der Waals surface area (Å²) in [5, 5.41) is 11.2. The molecule has 2 aromatic rings. The van der Waals surface area contributed by atoms with Crippen LogP contribution in [-0.2, 0) is 14.8 Å². The molecule has 1 aromatic heterocycles. The van der Waals surface area contributed by atoms with Gasteiger partial charge in [0.15, 0.2) is 0 Å². The minimum atomic E-state index is -3.64. The van der Waals surface area contributed by atoms with Crippen molar-refractivity contribution in [1.29, 1.82) is 0 Å². The summed E-state index contributed by atoms with van der Waals surface area (Å²) in [6.07, 6.45) is 1.48. The molecule has 0 spiro atoms. The van der Waals surface area contributed by atoms with Gasteiger partial charge in [-0.1, -0.05) is 6.07 Å². The van der Waals surface area contributed by atoms with Crippen molar-refractivity contribution in [3.8, 4) is 0 Å². The van der Waals surface area contributed by atoms with Crippen molar-refractivity contribution in [2.75, 3.05) is 26.0 Å². The standard InChI is InChI=1S/C14H17N5O4S/c1-19(2)24(22,23)11-5-3-4-10(8-11)14(21)15-9-13(20)17-12-6-7-16-18-12/h3-8H,9H2,1-2H3,(H,15,21)(H2,16,17,18,20). The third-order valence-corrected chi connectivity index (χ3v) is 4.87. The van der Waals surface area contributed by atoms with Crippen LogP contribution >= 0.6 is 0 Å². The number of rotatable bonds is 6. The first-order chi connectivity index (χ1) is 11.3. The van der Waals surface area contributed by atoms with Gasteiger partial charge in [-0.15, -0.1) is 0 Å². The highest BCUT2D eigenvalue weighted by molar-refractivity contribution is 7.89. The molecule has 0 fully saturated rings. The molecule has 3 N–H and O–H groups in total. The molecule has 0 bridgehead atoms. The molecule has 0 saturated carbocycles. The van der Waals surface area contributed by atoms with Gasteiger partial charge in [-0.05, 0) is 18.2 Å². The molecule has 2 amide bonds. The number of hydrogen-bond donors (Lipinski definition) is 3. The smallest absolute Gasteiger partial charge is 0.251 e. The van der Waals surface area contributed by atoms with Gasteiger partial charge in [0, 0.05) is 25.7 Å². The molecule has 0 aliphatic heterocycles. The van der Waals surface area contributed by atoms with Crippen molar-refractivity contribution in [2.24, 2.45) is 0 Å². The maximum Gasteiger partial charge on any atom is 0.251 e. The van der Waals surface area contributed by atoms with E-state index in [1.165, 1.54) is 44.6 Å². The van der Waals surface area contributed by atoms with E-state index < -0.39 is 21.8 Å². The van der Waals surface area contributed by atoms with Crippen LogP contribution in [0.3, 0.4) is 0 Å². The van der Waals surface area contributed by atoms with Crippen molar-refractivity contribution in [3.63, 3.8) is 0 Å². The molecule has 9 nitrogen and oxygen atoms in total. The van der Waals surface area contributed by atoms with Crippen LogP contribution < -0.4 is 10.6 Å². The molecule has 0 atom stereocenters. The van der Waals surface area contributed by atoms with E-state index in [1.807, 2.05) is 0 Å². The summed E-state index contributed by atoms with van der Waals surface area (Å²) in [4.78, 5) is 23.8. The molecule has 24 heavy (non-hydrogen) atoms. The molecule has 0 unspecified atom stereocenters. The fourth-order valence-electron chi connectivity index (χ4n) is 1.79. The Labute approximate surface area is 139 Å². The Hall–Kier alpha value is -2.72. The van der Waals surface area contributed by atoms with Crippen LogP contribution in [0.25, 0.3) is 0 Å². The van der Waals surface area contributed by atoms with Gasteiger partial charge in [0.1, 0.15) is 5.82 Å². The van der Waals surface area contributed by atoms with Crippen LogP contribution in [0.5, 0.6) is 0 Å². The fourth-order valence-corrected chi connectivity index (χ4v) is 2.74. The number of hydrogen-bond acceptors (Lipinski definition) is 5. The van der Waals surface area contributed by atoms with E-state index in [-0.39, 0.29) is 17.0 Å². The number of aromatic amines is 1. The topological polar surface area (TPSA) is 124 Å². The van der Waals surface area contributed by atoms with Crippen molar-refractivity contribution in [1.82, 2.24) is 19.8 Å². The van der Waals surface area contributed by atoms with E-state index >= 15 is 0 Å². The number of carbonyl (C=O) groups excluding carboxylic acids is 2. The number of anilines is 1. The van der Waals surface area contributed by atoms with Crippen molar-refractivity contribution >= 4 is 27.7 Å². The van der Waals surface area contributed by atoms with Crippen LogP contribution in [0.1, 0.15) is 10.4 Å². The van der Waals surface area contributed by atoms with Crippen molar-refractivity contribution in [3.05, 3.63) is 42.1 Å². The predicted octanol–water partition coefficient (Wildman–Crippen LogP) is 0.0285. The minimum Gasteiger partial charge on any atom is -0.343 e. The van der Waals surface area contributed by atoms with Crippen LogP contribution in [-0.4, -0.2) is 55.4 Å². The second-order valence-electron chi connectivity index (χ2n) is 5.02. The highest BCUT2D eigenvalue weighted by Gasteiger charge is 2.18. The second kappa shape index (κ2) is 7.23. The van der Waals surface area contributed by atoms with Gasteiger partial charge < -0.3 is 10.6 Å². The van der Waals surface area contributed by atoms with E-state index in [0.29, 0.717) is 5.82 Å². The summed E-state index contributed by atoms with van der Waals surface area (Å²) >= 11 is 0. The Balaban J connectivity index is 2.01. The number of aromatic nitrogens is 2. The van der Waals surface area contributed by atoms with E-state index in [4.69, 9.17) is 0 Å². The molecule has 2 rings (SSSR count). The van der Waals surface area contributed by atoms with Gasteiger partial charge in [-0.3, -0.25) is 14.7 Å². The molecule has 0 aliphatic carbocycles. The zero-order valence-electron chi connectivity index (χ0n) is 13.1. The molecule has 1 aromatic carbocycles. The number of carbonyl (C=O) groups is 2. The lowest BCUT2D eigenvalue weighted by Crippen LogP contribution is -2.33. The second-order valence-corrected chi connectivity index (χ2v) is 7.17. The van der Waals surface area contributed by atoms with Crippen LogP contribution in [0.15, 0.2) is 41.4 Å². The van der Waals surface area contributed by atoms with E-state index in [1.54, 1.807) is 6.07 Å². The molecular weight excluding hydrogens is 334 g/mol. The van der Waals surface area contributed by atoms with Gasteiger partial charge in [-0.2, -0.15) is 5.10 Å². The average molecular weight is 351 g/mol. The number of benzene rings is 1. The summed E-state index contributed by atoms with van der Waals surface area (Å²) in [6.45, 7) is -0.261. The Kier molecular flexibility index (Phi) is 5.31. The maximum atomic E-state index is 12.1. The third-order valence-electron chi connectivity index (χ3n) is 3.06. The molecule has 128 valence electrons. The highest BCUT2D eigenvalue weighted by Crippen LogP contribution is 2.14. The molecule has 0 aliphatic rings. The Bertz CT molecular complexity index is 831. The molecule has 1 heterocycles. The number of nitrogens with zero attached hydrogens (tertiary/aromatic N) is 2. The molecular formula is C14H17N5O4S. The maximum absolute atomic E-state index is 12.1. The van der Waals surface area contributed by atoms with E-state index in [2.05, 4.69) is 20.8 Å². The predicted molar refractivity (Wildman–Crippen MR) is 86.9 cm³/mol. The summed E-state index contributed by atoms with van der Waals surface area (Å²) in [5.74, 6) is -0.580. The van der Waals surface area contributed by atoms with Crippen molar-refractivity contribution < 1.29 is 18.0 Å². The lowest BCUT2D eigenvalue weighted by atomic mass is 10.2. The lowest BCUT2D eigenvalue weighted by Gasteiger charge is -2.12. The largest absolute Gasteiger partial charge is 0.343 e. The van der Waals surface area contributed by atoms with Crippen molar-refractivity contribution in [2.45, 2.75) is 4.90 Å². The first-order valence-electron chi connectivity index (χ1n) is 6.90. The van der Waals surface area contributed by atoms with Gasteiger partial charge >= 0.3 is 0 Å². The molecule has 0 saturated heterocycles. The van der Waals surface area contributed by atoms with E-state index in [9.17, 15) is 18.0 Å². The fraction of sp³-hybridized carbons (Fsp3) is 0.214.